The van der Waals surface area contributed by atoms with Crippen molar-refractivity contribution in [2.45, 2.75) is 6.18 Å². The predicted octanol–water partition coefficient (Wildman–Crippen LogP) is 3.76. The van der Waals surface area contributed by atoms with E-state index < -0.39 is 11.7 Å². The molecule has 0 radical (unpaired) electrons. The summed E-state index contributed by atoms with van der Waals surface area (Å²) in [6, 6.07) is 9.13. The molecular formula is C13H7F3N2O. The van der Waals surface area contributed by atoms with Gasteiger partial charge in [-0.15, -0.1) is 0 Å². The van der Waals surface area contributed by atoms with Crippen molar-refractivity contribution in [2.24, 2.45) is 0 Å². The van der Waals surface area contributed by atoms with Crippen LogP contribution in [0.4, 0.5) is 13.2 Å². The SMILES string of the molecule is N#Cc1cccnc1Oc1ccc(C(F)(F)F)cc1. The van der Waals surface area contributed by atoms with Crippen LogP contribution in [0.15, 0.2) is 42.6 Å². The van der Waals surface area contributed by atoms with Gasteiger partial charge in [0.25, 0.3) is 0 Å². The maximum Gasteiger partial charge on any atom is 0.416 e. The molecule has 1 aromatic carbocycles. The van der Waals surface area contributed by atoms with Crippen molar-refractivity contribution < 1.29 is 17.9 Å². The minimum absolute atomic E-state index is 0.0600. The van der Waals surface area contributed by atoms with Gasteiger partial charge in [0, 0.05) is 6.20 Å². The number of hydrogen-bond donors (Lipinski definition) is 0. The molecule has 0 atom stereocenters. The summed E-state index contributed by atoms with van der Waals surface area (Å²) in [4.78, 5) is 3.85. The molecular weight excluding hydrogens is 257 g/mol. The minimum Gasteiger partial charge on any atom is -0.438 e. The van der Waals surface area contributed by atoms with Gasteiger partial charge in [-0.1, -0.05) is 0 Å². The first-order valence-corrected chi connectivity index (χ1v) is 5.21. The van der Waals surface area contributed by atoms with Crippen molar-refractivity contribution in [1.29, 1.82) is 5.26 Å². The summed E-state index contributed by atoms with van der Waals surface area (Å²) in [6.07, 6.45) is -2.96. The highest BCUT2D eigenvalue weighted by Gasteiger charge is 2.30. The maximum atomic E-state index is 12.4. The molecule has 0 fully saturated rings. The zero-order chi connectivity index (χ0) is 13.9. The number of hydrogen-bond acceptors (Lipinski definition) is 3. The molecule has 0 spiro atoms. The van der Waals surface area contributed by atoms with Crippen LogP contribution < -0.4 is 4.74 Å². The zero-order valence-electron chi connectivity index (χ0n) is 9.48. The van der Waals surface area contributed by atoms with Crippen LogP contribution in [-0.4, -0.2) is 4.98 Å². The Morgan fingerprint density at radius 3 is 2.37 bits per heavy atom. The minimum atomic E-state index is -4.39. The third-order valence-corrected chi connectivity index (χ3v) is 2.29. The van der Waals surface area contributed by atoms with Crippen LogP contribution in [0.25, 0.3) is 0 Å². The molecule has 19 heavy (non-hydrogen) atoms. The van der Waals surface area contributed by atoms with Gasteiger partial charge in [0.15, 0.2) is 0 Å². The molecule has 0 saturated heterocycles. The highest BCUT2D eigenvalue weighted by molar-refractivity contribution is 5.40. The van der Waals surface area contributed by atoms with E-state index in [-0.39, 0.29) is 17.2 Å². The lowest BCUT2D eigenvalue weighted by molar-refractivity contribution is -0.137. The topological polar surface area (TPSA) is 45.9 Å². The molecule has 0 aliphatic rings. The molecule has 0 N–H and O–H groups in total. The van der Waals surface area contributed by atoms with Crippen molar-refractivity contribution >= 4 is 0 Å². The van der Waals surface area contributed by atoms with Crippen LogP contribution in [-0.2, 0) is 6.18 Å². The van der Waals surface area contributed by atoms with Crippen molar-refractivity contribution in [3.8, 4) is 17.7 Å². The van der Waals surface area contributed by atoms with Gasteiger partial charge in [-0.3, -0.25) is 0 Å². The fourth-order valence-corrected chi connectivity index (χ4v) is 1.38. The molecule has 96 valence electrons. The van der Waals surface area contributed by atoms with Gasteiger partial charge in [0.2, 0.25) is 5.88 Å². The Morgan fingerprint density at radius 2 is 1.79 bits per heavy atom. The summed E-state index contributed by atoms with van der Waals surface area (Å²) in [5.41, 5.74) is -0.552. The summed E-state index contributed by atoms with van der Waals surface area (Å²) in [6.45, 7) is 0. The van der Waals surface area contributed by atoms with Crippen LogP contribution in [0, 0.1) is 11.3 Å². The standard InChI is InChI=1S/C13H7F3N2O/c14-13(15,16)10-3-5-11(6-4-10)19-12-9(8-17)2-1-7-18-12/h1-7H. The molecule has 0 bridgehead atoms. The molecule has 2 rings (SSSR count). The lowest BCUT2D eigenvalue weighted by Crippen LogP contribution is -2.04. The number of alkyl halides is 3. The van der Waals surface area contributed by atoms with E-state index in [2.05, 4.69) is 4.98 Å². The van der Waals surface area contributed by atoms with Crippen molar-refractivity contribution in [3.05, 3.63) is 53.7 Å². The highest BCUT2D eigenvalue weighted by Crippen LogP contribution is 2.31. The van der Waals surface area contributed by atoms with E-state index in [1.165, 1.54) is 24.4 Å². The number of nitriles is 1. The Morgan fingerprint density at radius 1 is 1.11 bits per heavy atom. The molecule has 0 aliphatic heterocycles. The first kappa shape index (κ1) is 12.9. The van der Waals surface area contributed by atoms with E-state index >= 15 is 0 Å². The first-order valence-electron chi connectivity index (χ1n) is 5.21. The van der Waals surface area contributed by atoms with Crippen molar-refractivity contribution in [3.63, 3.8) is 0 Å². The van der Waals surface area contributed by atoms with E-state index in [0.29, 0.717) is 0 Å². The number of benzene rings is 1. The van der Waals surface area contributed by atoms with Crippen molar-refractivity contribution in [1.82, 2.24) is 4.98 Å². The number of ether oxygens (including phenoxy) is 1. The highest BCUT2D eigenvalue weighted by atomic mass is 19.4. The fraction of sp³-hybridized carbons (Fsp3) is 0.0769. The number of pyridine rings is 1. The van der Waals surface area contributed by atoms with E-state index in [4.69, 9.17) is 10.00 Å². The number of aromatic nitrogens is 1. The molecule has 0 amide bonds. The monoisotopic (exact) mass is 264 g/mol. The van der Waals surface area contributed by atoms with E-state index in [0.717, 1.165) is 12.1 Å². The van der Waals surface area contributed by atoms with Gasteiger partial charge in [-0.05, 0) is 36.4 Å². The largest absolute Gasteiger partial charge is 0.438 e. The van der Waals surface area contributed by atoms with E-state index in [1.54, 1.807) is 6.07 Å². The van der Waals surface area contributed by atoms with Crippen LogP contribution >= 0.6 is 0 Å². The fourth-order valence-electron chi connectivity index (χ4n) is 1.38. The molecule has 0 saturated carbocycles. The summed E-state index contributed by atoms with van der Waals surface area (Å²) in [7, 11) is 0. The molecule has 0 unspecified atom stereocenters. The summed E-state index contributed by atoms with van der Waals surface area (Å²) in [5, 5.41) is 8.83. The molecule has 1 heterocycles. The quantitative estimate of drug-likeness (QED) is 0.829. The van der Waals surface area contributed by atoms with Gasteiger partial charge >= 0.3 is 6.18 Å². The average molecular weight is 264 g/mol. The summed E-state index contributed by atoms with van der Waals surface area (Å²) < 4.78 is 42.4. The number of halogens is 3. The third kappa shape index (κ3) is 3.01. The Hall–Kier alpha value is -2.55. The molecule has 1 aromatic heterocycles. The van der Waals surface area contributed by atoms with Gasteiger partial charge in [0.05, 0.1) is 5.56 Å². The van der Waals surface area contributed by atoms with E-state index in [1.807, 2.05) is 6.07 Å². The Labute approximate surface area is 106 Å². The second-order valence-corrected chi connectivity index (χ2v) is 3.59. The lowest BCUT2D eigenvalue weighted by Gasteiger charge is -2.08. The van der Waals surface area contributed by atoms with Crippen LogP contribution in [0.2, 0.25) is 0 Å². The molecule has 0 aliphatic carbocycles. The summed E-state index contributed by atoms with van der Waals surface area (Å²) >= 11 is 0. The van der Waals surface area contributed by atoms with Crippen LogP contribution in [0.1, 0.15) is 11.1 Å². The zero-order valence-corrected chi connectivity index (χ0v) is 9.48. The Bertz CT molecular complexity index is 615. The van der Waals surface area contributed by atoms with Gasteiger partial charge < -0.3 is 4.74 Å². The third-order valence-electron chi connectivity index (χ3n) is 2.29. The summed E-state index contributed by atoms with van der Waals surface area (Å²) in [5.74, 6) is 0.243. The van der Waals surface area contributed by atoms with Gasteiger partial charge in [-0.2, -0.15) is 18.4 Å². The molecule has 2 aromatic rings. The number of nitrogens with zero attached hydrogens (tertiary/aromatic N) is 2. The van der Waals surface area contributed by atoms with Gasteiger partial charge in [-0.25, -0.2) is 4.98 Å². The number of rotatable bonds is 2. The van der Waals surface area contributed by atoms with Crippen LogP contribution in [0.5, 0.6) is 11.6 Å². The van der Waals surface area contributed by atoms with Crippen LogP contribution in [0.3, 0.4) is 0 Å². The normalized spacial score (nSPS) is 10.8. The Balaban J connectivity index is 2.23. The average Bonchev–Trinajstić information content (AvgIpc) is 2.39. The van der Waals surface area contributed by atoms with Crippen molar-refractivity contribution in [2.75, 3.05) is 0 Å². The first-order chi connectivity index (χ1) is 9.00. The Kier molecular flexibility index (Phi) is 3.38. The maximum absolute atomic E-state index is 12.4. The van der Waals surface area contributed by atoms with E-state index in [9.17, 15) is 13.2 Å². The predicted molar refractivity (Wildman–Crippen MR) is 60.5 cm³/mol. The van der Waals surface area contributed by atoms with Gasteiger partial charge in [0.1, 0.15) is 17.4 Å². The second-order valence-electron chi connectivity index (χ2n) is 3.59. The smallest absolute Gasteiger partial charge is 0.416 e. The molecule has 3 nitrogen and oxygen atoms in total. The lowest BCUT2D eigenvalue weighted by atomic mass is 10.2. The second kappa shape index (κ2) is 4.98. The molecule has 6 heteroatoms.